The molecule has 0 radical (unpaired) electrons. The van der Waals surface area contributed by atoms with Gasteiger partial charge in [-0.15, -0.1) is 0 Å². The zero-order chi connectivity index (χ0) is 11.4. The van der Waals surface area contributed by atoms with Gasteiger partial charge < -0.3 is 0 Å². The van der Waals surface area contributed by atoms with Crippen molar-refractivity contribution in [2.75, 3.05) is 6.54 Å². The van der Waals surface area contributed by atoms with Crippen LogP contribution in [0.1, 0.15) is 18.4 Å². The van der Waals surface area contributed by atoms with E-state index in [4.69, 9.17) is 0 Å². The molecule has 0 unspecified atom stereocenters. The van der Waals surface area contributed by atoms with Gasteiger partial charge in [-0.1, -0.05) is 6.08 Å². The number of aliphatic imine (C=N–C) groups is 1. The van der Waals surface area contributed by atoms with Crippen LogP contribution >= 0.6 is 0 Å². The van der Waals surface area contributed by atoms with E-state index in [1.165, 1.54) is 17.7 Å². The molecule has 1 heterocycles. The molecule has 0 saturated heterocycles. The Morgan fingerprint density at radius 1 is 1.31 bits per heavy atom. The van der Waals surface area contributed by atoms with Gasteiger partial charge in [-0.25, -0.2) is 0 Å². The van der Waals surface area contributed by atoms with Gasteiger partial charge in [-0.05, 0) is 36.1 Å². The molecule has 0 amide bonds. The highest BCUT2D eigenvalue weighted by atomic mass is 16.6. The van der Waals surface area contributed by atoms with E-state index < -0.39 is 0 Å². The number of allylic oxidation sites excluding steroid dienone is 1. The van der Waals surface area contributed by atoms with Gasteiger partial charge in [0.05, 0.1) is 4.92 Å². The van der Waals surface area contributed by atoms with Crippen LogP contribution in [0.25, 0.3) is 6.08 Å². The lowest BCUT2D eigenvalue weighted by Crippen LogP contribution is -1.96. The highest BCUT2D eigenvalue weighted by Crippen LogP contribution is 2.16. The normalized spacial score (nSPS) is 17.6. The molecule has 0 bridgehead atoms. The maximum Gasteiger partial charge on any atom is 0.269 e. The molecule has 4 nitrogen and oxygen atoms in total. The molecule has 82 valence electrons. The van der Waals surface area contributed by atoms with Crippen molar-refractivity contribution >= 4 is 18.0 Å². The molecule has 1 aliphatic heterocycles. The third-order valence-electron chi connectivity index (χ3n) is 2.47. The number of nitro groups is 1. The van der Waals surface area contributed by atoms with Crippen LogP contribution in [-0.2, 0) is 0 Å². The Kier molecular flexibility index (Phi) is 3.10. The molecule has 0 aromatic heterocycles. The highest BCUT2D eigenvalue weighted by Gasteiger charge is 2.04. The van der Waals surface area contributed by atoms with E-state index >= 15 is 0 Å². The summed E-state index contributed by atoms with van der Waals surface area (Å²) in [6.07, 6.45) is 6.01. The van der Waals surface area contributed by atoms with Gasteiger partial charge >= 0.3 is 0 Å². The number of rotatable bonds is 2. The lowest BCUT2D eigenvalue weighted by molar-refractivity contribution is -0.384. The first-order valence-corrected chi connectivity index (χ1v) is 5.20. The van der Waals surface area contributed by atoms with Crippen LogP contribution in [-0.4, -0.2) is 17.7 Å². The van der Waals surface area contributed by atoms with Crippen LogP contribution in [0.4, 0.5) is 5.69 Å². The Morgan fingerprint density at radius 2 is 2.06 bits per heavy atom. The summed E-state index contributed by atoms with van der Waals surface area (Å²) in [5, 5.41) is 10.5. The van der Waals surface area contributed by atoms with Crippen molar-refractivity contribution in [2.45, 2.75) is 12.8 Å². The predicted molar refractivity (Wildman–Crippen MR) is 63.7 cm³/mol. The second kappa shape index (κ2) is 4.70. The van der Waals surface area contributed by atoms with E-state index in [1.54, 1.807) is 12.1 Å². The number of hydrogen-bond donors (Lipinski definition) is 0. The fourth-order valence-corrected chi connectivity index (χ4v) is 1.64. The van der Waals surface area contributed by atoms with Gasteiger partial charge in [-0.3, -0.25) is 15.1 Å². The van der Waals surface area contributed by atoms with Crippen molar-refractivity contribution in [1.29, 1.82) is 0 Å². The lowest BCUT2D eigenvalue weighted by Gasteiger charge is -2.06. The molecule has 0 spiro atoms. The molecule has 1 aliphatic rings. The van der Waals surface area contributed by atoms with Crippen molar-refractivity contribution in [2.24, 2.45) is 4.99 Å². The molecule has 0 saturated carbocycles. The minimum atomic E-state index is -0.390. The standard InChI is InChI=1S/C12H12N2O2/c15-14(16)12-5-3-10(4-6-12)8-11-2-1-7-13-9-11/h3-6,8-9H,1-2,7H2/b11-8-. The minimum Gasteiger partial charge on any atom is -0.293 e. The molecule has 4 heteroatoms. The maximum atomic E-state index is 10.5. The first-order valence-electron chi connectivity index (χ1n) is 5.20. The summed E-state index contributed by atoms with van der Waals surface area (Å²) in [6.45, 7) is 0.900. The SMILES string of the molecule is O=[N+]([O-])c1ccc(/C=C2\C=NCCC2)cc1. The molecule has 1 aromatic rings. The van der Waals surface area contributed by atoms with Crippen molar-refractivity contribution in [3.63, 3.8) is 0 Å². The van der Waals surface area contributed by atoms with Gasteiger partial charge in [0, 0.05) is 24.9 Å². The third kappa shape index (κ3) is 2.53. The number of nitrogens with zero attached hydrogens (tertiary/aromatic N) is 2. The zero-order valence-corrected chi connectivity index (χ0v) is 8.80. The maximum absolute atomic E-state index is 10.5. The molecule has 0 N–H and O–H groups in total. The predicted octanol–water partition coefficient (Wildman–Crippen LogP) is 2.84. The van der Waals surface area contributed by atoms with E-state index in [9.17, 15) is 10.1 Å². The Labute approximate surface area is 93.5 Å². The summed E-state index contributed by atoms with van der Waals surface area (Å²) >= 11 is 0. The van der Waals surface area contributed by atoms with Crippen LogP contribution in [0, 0.1) is 10.1 Å². The quantitative estimate of drug-likeness (QED) is 0.563. The topological polar surface area (TPSA) is 55.5 Å². The monoisotopic (exact) mass is 216 g/mol. The van der Waals surface area contributed by atoms with Gasteiger partial charge in [-0.2, -0.15) is 0 Å². The van der Waals surface area contributed by atoms with Gasteiger partial charge in [0.1, 0.15) is 0 Å². The molecule has 2 rings (SSSR count). The van der Waals surface area contributed by atoms with E-state index in [2.05, 4.69) is 4.99 Å². The van der Waals surface area contributed by atoms with Crippen LogP contribution < -0.4 is 0 Å². The van der Waals surface area contributed by atoms with Crippen molar-refractivity contribution in [3.8, 4) is 0 Å². The Morgan fingerprint density at radius 3 is 2.62 bits per heavy atom. The molecule has 1 aromatic carbocycles. The second-order valence-corrected chi connectivity index (χ2v) is 3.71. The van der Waals surface area contributed by atoms with Gasteiger partial charge in [0.15, 0.2) is 0 Å². The van der Waals surface area contributed by atoms with Crippen molar-refractivity contribution in [1.82, 2.24) is 0 Å². The minimum absolute atomic E-state index is 0.125. The van der Waals surface area contributed by atoms with Crippen LogP contribution in [0.2, 0.25) is 0 Å². The Hall–Kier alpha value is -1.97. The fraction of sp³-hybridized carbons (Fsp3) is 0.250. The fourth-order valence-electron chi connectivity index (χ4n) is 1.64. The second-order valence-electron chi connectivity index (χ2n) is 3.71. The average molecular weight is 216 g/mol. The Balaban J connectivity index is 2.18. The van der Waals surface area contributed by atoms with E-state index in [0.717, 1.165) is 24.9 Å². The number of non-ortho nitro benzene ring substituents is 1. The molecule has 0 aliphatic carbocycles. The summed E-state index contributed by atoms with van der Waals surface area (Å²) in [4.78, 5) is 14.3. The van der Waals surface area contributed by atoms with Gasteiger partial charge in [0.2, 0.25) is 0 Å². The third-order valence-corrected chi connectivity index (χ3v) is 2.47. The Bertz CT molecular complexity index is 447. The van der Waals surface area contributed by atoms with Gasteiger partial charge in [0.25, 0.3) is 5.69 Å². The number of hydrogen-bond acceptors (Lipinski definition) is 3. The smallest absolute Gasteiger partial charge is 0.269 e. The first kappa shape index (κ1) is 10.5. The molecular weight excluding hydrogens is 204 g/mol. The van der Waals surface area contributed by atoms with Crippen molar-refractivity contribution in [3.05, 3.63) is 45.5 Å². The molecule has 0 fully saturated rings. The summed E-state index contributed by atoms with van der Waals surface area (Å²) < 4.78 is 0. The summed E-state index contributed by atoms with van der Waals surface area (Å²) in [7, 11) is 0. The summed E-state index contributed by atoms with van der Waals surface area (Å²) in [6, 6.07) is 6.56. The average Bonchev–Trinajstić information content (AvgIpc) is 2.31. The largest absolute Gasteiger partial charge is 0.293 e. The number of nitro benzene ring substituents is 1. The van der Waals surface area contributed by atoms with Crippen LogP contribution in [0.3, 0.4) is 0 Å². The molecular formula is C12H12N2O2. The number of benzene rings is 1. The molecule has 0 atom stereocenters. The van der Waals surface area contributed by atoms with Crippen molar-refractivity contribution < 1.29 is 4.92 Å². The molecule has 16 heavy (non-hydrogen) atoms. The van der Waals surface area contributed by atoms with E-state index in [0.29, 0.717) is 0 Å². The summed E-state index contributed by atoms with van der Waals surface area (Å²) in [5.74, 6) is 0. The first-order chi connectivity index (χ1) is 7.75. The highest BCUT2D eigenvalue weighted by molar-refractivity contribution is 5.86. The zero-order valence-electron chi connectivity index (χ0n) is 8.80. The van der Waals surface area contributed by atoms with E-state index in [-0.39, 0.29) is 10.6 Å². The van der Waals surface area contributed by atoms with Crippen LogP contribution in [0.5, 0.6) is 0 Å². The van der Waals surface area contributed by atoms with Crippen LogP contribution in [0.15, 0.2) is 34.8 Å². The summed E-state index contributed by atoms with van der Waals surface area (Å²) in [5.41, 5.74) is 2.29. The van der Waals surface area contributed by atoms with E-state index in [1.807, 2.05) is 12.3 Å². The lowest BCUT2D eigenvalue weighted by atomic mass is 10.1.